The number of carbonyl (C=O) groups excluding carboxylic acids is 1. The molecule has 3 aromatic rings. The molecule has 12 heteroatoms. The summed E-state index contributed by atoms with van der Waals surface area (Å²) < 4.78 is 71.2. The number of rotatable bonds is 4. The number of hydrogen-bond donors (Lipinski definition) is 0. The number of amides is 1. The molecule has 30 heavy (non-hydrogen) atoms. The molecule has 0 saturated carbocycles. The number of carbonyl (C=O) groups is 1. The van der Waals surface area contributed by atoms with Gasteiger partial charge in [0.2, 0.25) is 5.88 Å². The Kier molecular flexibility index (Phi) is 4.74. The van der Waals surface area contributed by atoms with Crippen LogP contribution in [0.1, 0.15) is 16.1 Å². The topological polar surface area (TPSA) is 81.5 Å². The maximum atomic E-state index is 13.2. The van der Waals surface area contributed by atoms with Crippen LogP contribution in [0, 0.1) is 0 Å². The normalized spacial score (nSPS) is 15.3. The van der Waals surface area contributed by atoms with E-state index in [9.17, 15) is 26.4 Å². The van der Waals surface area contributed by atoms with Crippen molar-refractivity contribution in [1.82, 2.24) is 14.1 Å². The Morgan fingerprint density at radius 1 is 1.07 bits per heavy atom. The van der Waals surface area contributed by atoms with Crippen LogP contribution in [0.5, 0.6) is 5.88 Å². The molecule has 2 aromatic carbocycles. The summed E-state index contributed by atoms with van der Waals surface area (Å²) in [4.78, 5) is 12.2. The van der Waals surface area contributed by atoms with Crippen LogP contribution < -0.4 is 4.74 Å². The van der Waals surface area contributed by atoms with Crippen molar-refractivity contribution < 1.29 is 31.1 Å². The highest BCUT2D eigenvalue weighted by Gasteiger charge is 2.42. The van der Waals surface area contributed by atoms with Gasteiger partial charge in [-0.2, -0.15) is 22.6 Å². The molecule has 1 aliphatic rings. The minimum atomic E-state index is -4.76. The first-order chi connectivity index (χ1) is 14.1. The Balaban J connectivity index is 1.68. The highest BCUT2D eigenvalue weighted by molar-refractivity contribution is 7.90. The van der Waals surface area contributed by atoms with Gasteiger partial charge in [-0.3, -0.25) is 4.79 Å². The summed E-state index contributed by atoms with van der Waals surface area (Å²) in [6, 6.07) is 11.9. The fourth-order valence-electron chi connectivity index (χ4n) is 2.86. The van der Waals surface area contributed by atoms with E-state index < -0.39 is 40.4 Å². The second-order valence-corrected chi connectivity index (χ2v) is 8.45. The molecule has 1 aromatic heterocycles. The van der Waals surface area contributed by atoms with Crippen molar-refractivity contribution in [3.8, 4) is 11.6 Å². The summed E-state index contributed by atoms with van der Waals surface area (Å²) in [5.41, 5.74) is -1.08. The van der Waals surface area contributed by atoms with E-state index >= 15 is 0 Å². The maximum absolute atomic E-state index is 13.2. The first-order valence-electron chi connectivity index (χ1n) is 8.31. The van der Waals surface area contributed by atoms with Crippen LogP contribution in [0.4, 0.5) is 13.2 Å². The van der Waals surface area contributed by atoms with Crippen molar-refractivity contribution in [3.63, 3.8) is 0 Å². The number of alkyl halides is 3. The van der Waals surface area contributed by atoms with Gasteiger partial charge in [-0.15, -0.1) is 0 Å². The van der Waals surface area contributed by atoms with E-state index in [1.807, 2.05) is 0 Å². The van der Waals surface area contributed by atoms with E-state index in [1.165, 1.54) is 48.5 Å². The molecule has 0 spiro atoms. The maximum Gasteiger partial charge on any atom is 0.435 e. The summed E-state index contributed by atoms with van der Waals surface area (Å²) in [5.74, 6) is -1.23. The van der Waals surface area contributed by atoms with E-state index in [4.69, 9.17) is 16.3 Å². The molecule has 0 saturated heterocycles. The lowest BCUT2D eigenvalue weighted by molar-refractivity contribution is -0.141. The standard InChI is InChI=1S/C18H11ClF3N3O4S/c19-11-5-7-12(8-6-11)25-16(9-15(23-25)18(20,21)22)29-10-24-17(26)13-3-1-2-4-14(13)30(24,27)28/h1-9H,10H2. The number of halogens is 4. The fourth-order valence-corrected chi connectivity index (χ4v) is 4.41. The number of sulfonamides is 1. The number of aromatic nitrogens is 2. The second kappa shape index (κ2) is 7.03. The van der Waals surface area contributed by atoms with Crippen LogP contribution in [-0.2, 0) is 16.2 Å². The zero-order valence-electron chi connectivity index (χ0n) is 14.8. The molecule has 1 aliphatic heterocycles. The van der Waals surface area contributed by atoms with Gasteiger partial charge in [-0.05, 0) is 36.4 Å². The SMILES string of the molecule is O=C1c2ccccc2S(=O)(=O)N1COc1cc(C(F)(F)F)nn1-c1ccc(Cl)cc1. The van der Waals surface area contributed by atoms with Gasteiger partial charge in [0.15, 0.2) is 12.4 Å². The van der Waals surface area contributed by atoms with Gasteiger partial charge in [-0.25, -0.2) is 13.1 Å². The summed E-state index contributed by atoms with van der Waals surface area (Å²) >= 11 is 5.80. The largest absolute Gasteiger partial charge is 0.455 e. The number of benzene rings is 2. The van der Waals surface area contributed by atoms with E-state index in [1.54, 1.807) is 0 Å². The molecule has 0 atom stereocenters. The van der Waals surface area contributed by atoms with Crippen LogP contribution in [0.2, 0.25) is 5.02 Å². The second-order valence-electron chi connectivity index (χ2n) is 6.18. The van der Waals surface area contributed by atoms with Crippen LogP contribution in [0.3, 0.4) is 0 Å². The molecule has 4 rings (SSSR count). The van der Waals surface area contributed by atoms with Gasteiger partial charge >= 0.3 is 6.18 Å². The molecule has 7 nitrogen and oxygen atoms in total. The van der Waals surface area contributed by atoms with E-state index in [-0.39, 0.29) is 16.1 Å². The van der Waals surface area contributed by atoms with Crippen molar-refractivity contribution in [2.24, 2.45) is 0 Å². The molecule has 2 heterocycles. The van der Waals surface area contributed by atoms with E-state index in [0.29, 0.717) is 15.4 Å². The third-order valence-electron chi connectivity index (χ3n) is 4.28. The average molecular weight is 458 g/mol. The quantitative estimate of drug-likeness (QED) is 0.596. The summed E-state index contributed by atoms with van der Waals surface area (Å²) in [5, 5.41) is 3.85. The van der Waals surface area contributed by atoms with Gasteiger partial charge in [-0.1, -0.05) is 23.7 Å². The van der Waals surface area contributed by atoms with Crippen LogP contribution in [-0.4, -0.2) is 35.1 Å². The van der Waals surface area contributed by atoms with Gasteiger partial charge < -0.3 is 4.74 Å². The highest BCUT2D eigenvalue weighted by atomic mass is 35.5. The minimum absolute atomic E-state index is 0.0386. The van der Waals surface area contributed by atoms with Crippen molar-refractivity contribution in [2.75, 3.05) is 6.73 Å². The van der Waals surface area contributed by atoms with Gasteiger partial charge in [0.25, 0.3) is 15.9 Å². The van der Waals surface area contributed by atoms with Crippen LogP contribution >= 0.6 is 11.6 Å². The Labute approximate surface area is 173 Å². The Bertz CT molecular complexity index is 1240. The van der Waals surface area contributed by atoms with E-state index in [2.05, 4.69) is 5.10 Å². The lowest BCUT2D eigenvalue weighted by Gasteiger charge is -2.16. The summed E-state index contributed by atoms with van der Waals surface area (Å²) in [6.07, 6.45) is -4.76. The Hall–Kier alpha value is -3.05. The van der Waals surface area contributed by atoms with Crippen molar-refractivity contribution in [3.05, 3.63) is 70.9 Å². The van der Waals surface area contributed by atoms with Gasteiger partial charge in [0, 0.05) is 11.1 Å². The summed E-state index contributed by atoms with van der Waals surface area (Å²) in [6.45, 7) is -0.827. The zero-order chi connectivity index (χ0) is 21.7. The molecule has 0 bridgehead atoms. The minimum Gasteiger partial charge on any atom is -0.455 e. The first-order valence-corrected chi connectivity index (χ1v) is 10.1. The zero-order valence-corrected chi connectivity index (χ0v) is 16.4. The first kappa shape index (κ1) is 20.2. The predicted octanol–water partition coefficient (Wildman–Crippen LogP) is 3.73. The third-order valence-corrected chi connectivity index (χ3v) is 6.30. The molecule has 1 amide bonds. The predicted molar refractivity (Wildman–Crippen MR) is 98.9 cm³/mol. The molecule has 156 valence electrons. The Morgan fingerprint density at radius 2 is 1.73 bits per heavy atom. The molecule has 0 unspecified atom stereocenters. The fraction of sp³-hybridized carbons (Fsp3) is 0.111. The van der Waals surface area contributed by atoms with Gasteiger partial charge in [0.1, 0.15) is 4.90 Å². The number of nitrogens with zero attached hydrogens (tertiary/aromatic N) is 3. The molecule has 0 N–H and O–H groups in total. The smallest absolute Gasteiger partial charge is 0.435 e. The number of ether oxygens (including phenoxy) is 1. The summed E-state index contributed by atoms with van der Waals surface area (Å²) in [7, 11) is -4.18. The third kappa shape index (κ3) is 3.39. The average Bonchev–Trinajstić information content (AvgIpc) is 3.20. The molecule has 0 fully saturated rings. The monoisotopic (exact) mass is 457 g/mol. The van der Waals surface area contributed by atoms with Crippen LogP contribution in [0.15, 0.2) is 59.5 Å². The highest BCUT2D eigenvalue weighted by Crippen LogP contribution is 2.34. The van der Waals surface area contributed by atoms with Gasteiger partial charge in [0.05, 0.1) is 11.3 Å². The molecular weight excluding hydrogens is 447 g/mol. The number of fused-ring (bicyclic) bond motifs is 1. The number of hydrogen-bond acceptors (Lipinski definition) is 5. The van der Waals surface area contributed by atoms with Crippen molar-refractivity contribution >= 4 is 27.5 Å². The van der Waals surface area contributed by atoms with Crippen LogP contribution in [0.25, 0.3) is 5.69 Å². The lowest BCUT2D eigenvalue weighted by Crippen LogP contribution is -2.34. The van der Waals surface area contributed by atoms with Crippen molar-refractivity contribution in [2.45, 2.75) is 11.1 Å². The molecular formula is C18H11ClF3N3O4S. The molecule has 0 aliphatic carbocycles. The Morgan fingerprint density at radius 3 is 2.37 bits per heavy atom. The lowest BCUT2D eigenvalue weighted by atomic mass is 10.2. The van der Waals surface area contributed by atoms with Crippen molar-refractivity contribution in [1.29, 1.82) is 0 Å². The molecule has 0 radical (unpaired) electrons. The van der Waals surface area contributed by atoms with E-state index in [0.717, 1.165) is 4.68 Å².